The summed E-state index contributed by atoms with van der Waals surface area (Å²) in [4.78, 5) is 27.1. The Bertz CT molecular complexity index is 917. The molecular weight excluding hydrogens is 361 g/mol. The molecule has 7 heteroatoms. The molecule has 0 saturated heterocycles. The molecule has 2 amide bonds. The Morgan fingerprint density at radius 3 is 2.24 bits per heavy atom. The molecule has 5 nitrogen and oxygen atoms in total. The lowest BCUT2D eigenvalue weighted by molar-refractivity contribution is -0.128. The summed E-state index contributed by atoms with van der Waals surface area (Å²) < 4.78 is 0. The summed E-state index contributed by atoms with van der Waals surface area (Å²) in [5, 5.41) is 1.80. The van der Waals surface area contributed by atoms with Gasteiger partial charge in [-0.1, -0.05) is 47.5 Å². The Labute approximate surface area is 154 Å². The van der Waals surface area contributed by atoms with Crippen LogP contribution in [0.3, 0.4) is 0 Å². The number of aromatic amines is 1. The minimum absolute atomic E-state index is 0.0220. The van der Waals surface area contributed by atoms with E-state index in [1.54, 1.807) is 24.4 Å². The monoisotopic (exact) mass is 375 g/mol. The Kier molecular flexibility index (Phi) is 5.26. The van der Waals surface area contributed by atoms with Crippen LogP contribution in [-0.2, 0) is 22.4 Å². The maximum Gasteiger partial charge on any atom is 0.242 e. The van der Waals surface area contributed by atoms with Crippen LogP contribution in [0.2, 0.25) is 10.0 Å². The summed E-state index contributed by atoms with van der Waals surface area (Å²) in [6.07, 6.45) is 1.92. The molecule has 0 aliphatic rings. The molecule has 0 fully saturated rings. The predicted molar refractivity (Wildman–Crippen MR) is 98.5 cm³/mol. The number of aromatic nitrogens is 1. The van der Waals surface area contributed by atoms with Crippen LogP contribution in [0.1, 0.15) is 11.1 Å². The summed E-state index contributed by atoms with van der Waals surface area (Å²) in [5.74, 6) is -0.717. The molecule has 1 heterocycles. The largest absolute Gasteiger partial charge is 0.361 e. The SMILES string of the molecule is O=C(Cc1c(Cl)cccc1Cl)NNC(=O)Cc1c[nH]c2ccccc12. The van der Waals surface area contributed by atoms with Crippen LogP contribution >= 0.6 is 23.2 Å². The van der Waals surface area contributed by atoms with Crippen molar-refractivity contribution in [2.45, 2.75) is 12.8 Å². The fourth-order valence-corrected chi connectivity index (χ4v) is 3.07. The number of amides is 2. The van der Waals surface area contributed by atoms with E-state index in [2.05, 4.69) is 15.8 Å². The lowest BCUT2D eigenvalue weighted by Crippen LogP contribution is -2.43. The minimum atomic E-state index is -0.401. The smallest absolute Gasteiger partial charge is 0.242 e. The number of halogens is 2. The number of fused-ring (bicyclic) bond motifs is 1. The van der Waals surface area contributed by atoms with Gasteiger partial charge in [-0.15, -0.1) is 0 Å². The molecular formula is C18H15Cl2N3O2. The molecule has 2 aromatic carbocycles. The van der Waals surface area contributed by atoms with Crippen molar-refractivity contribution in [1.29, 1.82) is 0 Å². The zero-order chi connectivity index (χ0) is 17.8. The third-order valence-corrected chi connectivity index (χ3v) is 4.47. The zero-order valence-electron chi connectivity index (χ0n) is 13.1. The van der Waals surface area contributed by atoms with E-state index in [-0.39, 0.29) is 18.7 Å². The van der Waals surface area contributed by atoms with Crippen LogP contribution < -0.4 is 10.9 Å². The Morgan fingerprint density at radius 1 is 0.880 bits per heavy atom. The molecule has 0 radical (unpaired) electrons. The van der Waals surface area contributed by atoms with Gasteiger partial charge in [0, 0.05) is 27.1 Å². The van der Waals surface area contributed by atoms with Gasteiger partial charge in [-0.2, -0.15) is 0 Å². The number of hydrogen-bond acceptors (Lipinski definition) is 2. The Balaban J connectivity index is 1.56. The van der Waals surface area contributed by atoms with Crippen molar-refractivity contribution < 1.29 is 9.59 Å². The first-order valence-electron chi connectivity index (χ1n) is 7.60. The van der Waals surface area contributed by atoms with E-state index in [0.717, 1.165) is 16.5 Å². The van der Waals surface area contributed by atoms with Crippen LogP contribution in [0.25, 0.3) is 10.9 Å². The van der Waals surface area contributed by atoms with Crippen molar-refractivity contribution >= 4 is 45.9 Å². The number of carbonyl (C=O) groups is 2. The number of para-hydroxylation sites is 1. The quantitative estimate of drug-likeness (QED) is 0.611. The maximum absolute atomic E-state index is 12.1. The van der Waals surface area contributed by atoms with Crippen molar-refractivity contribution in [2.24, 2.45) is 0 Å². The van der Waals surface area contributed by atoms with Gasteiger partial charge >= 0.3 is 0 Å². The molecule has 0 spiro atoms. The molecule has 3 N–H and O–H groups in total. The highest BCUT2D eigenvalue weighted by Crippen LogP contribution is 2.24. The van der Waals surface area contributed by atoms with Crippen LogP contribution in [0.4, 0.5) is 0 Å². The van der Waals surface area contributed by atoms with Gasteiger partial charge in [-0.3, -0.25) is 20.4 Å². The van der Waals surface area contributed by atoms with Crippen LogP contribution in [0, 0.1) is 0 Å². The van der Waals surface area contributed by atoms with E-state index < -0.39 is 5.91 Å². The number of benzene rings is 2. The van der Waals surface area contributed by atoms with E-state index in [9.17, 15) is 9.59 Å². The molecule has 1 aromatic heterocycles. The highest BCUT2D eigenvalue weighted by Gasteiger charge is 2.13. The van der Waals surface area contributed by atoms with Crippen LogP contribution in [-0.4, -0.2) is 16.8 Å². The number of carbonyl (C=O) groups excluding carboxylic acids is 2. The normalized spacial score (nSPS) is 10.6. The van der Waals surface area contributed by atoms with Gasteiger partial charge in [0.1, 0.15) is 0 Å². The summed E-state index contributed by atoms with van der Waals surface area (Å²) >= 11 is 12.1. The lowest BCUT2D eigenvalue weighted by atomic mass is 10.1. The summed E-state index contributed by atoms with van der Waals surface area (Å²) in [6, 6.07) is 12.7. The molecule has 0 unspecified atom stereocenters. The van der Waals surface area contributed by atoms with Crippen molar-refractivity contribution in [1.82, 2.24) is 15.8 Å². The number of hydrazine groups is 1. The van der Waals surface area contributed by atoms with Crippen molar-refractivity contribution in [2.75, 3.05) is 0 Å². The standard InChI is InChI=1S/C18H15Cl2N3O2/c19-14-5-3-6-15(20)13(14)9-18(25)23-22-17(24)8-11-10-21-16-7-2-1-4-12(11)16/h1-7,10,21H,8-9H2,(H,22,24)(H,23,25). The third kappa shape index (κ3) is 4.13. The van der Waals surface area contributed by atoms with Gasteiger partial charge in [0.05, 0.1) is 12.8 Å². The van der Waals surface area contributed by atoms with Crippen molar-refractivity contribution in [3.63, 3.8) is 0 Å². The fraction of sp³-hybridized carbons (Fsp3) is 0.111. The first kappa shape index (κ1) is 17.3. The number of hydrogen-bond donors (Lipinski definition) is 3. The first-order valence-corrected chi connectivity index (χ1v) is 8.36. The highest BCUT2D eigenvalue weighted by molar-refractivity contribution is 6.36. The second-order valence-corrected chi connectivity index (χ2v) is 6.32. The van der Waals surface area contributed by atoms with E-state index in [0.29, 0.717) is 15.6 Å². The molecule has 0 atom stereocenters. The maximum atomic E-state index is 12.1. The molecule has 128 valence electrons. The summed E-state index contributed by atoms with van der Waals surface area (Å²) in [6.45, 7) is 0. The number of nitrogens with one attached hydrogen (secondary N) is 3. The van der Waals surface area contributed by atoms with Gasteiger partial charge in [0.25, 0.3) is 0 Å². The molecule has 0 aliphatic heterocycles. The van der Waals surface area contributed by atoms with Gasteiger partial charge in [-0.05, 0) is 29.3 Å². The summed E-state index contributed by atoms with van der Waals surface area (Å²) in [5.41, 5.74) is 7.13. The van der Waals surface area contributed by atoms with E-state index >= 15 is 0 Å². The molecule has 25 heavy (non-hydrogen) atoms. The van der Waals surface area contributed by atoms with Gasteiger partial charge in [0.2, 0.25) is 11.8 Å². The zero-order valence-corrected chi connectivity index (χ0v) is 14.6. The molecule has 0 bridgehead atoms. The van der Waals surface area contributed by atoms with Gasteiger partial charge in [0.15, 0.2) is 0 Å². The molecule has 3 rings (SSSR count). The van der Waals surface area contributed by atoms with E-state index in [4.69, 9.17) is 23.2 Å². The number of rotatable bonds is 4. The average Bonchev–Trinajstić information content (AvgIpc) is 3.00. The second kappa shape index (κ2) is 7.59. The second-order valence-electron chi connectivity index (χ2n) is 5.51. The fourth-order valence-electron chi connectivity index (χ4n) is 2.54. The van der Waals surface area contributed by atoms with Gasteiger partial charge in [-0.25, -0.2) is 0 Å². The Hall–Kier alpha value is -2.50. The minimum Gasteiger partial charge on any atom is -0.361 e. The molecule has 3 aromatic rings. The van der Waals surface area contributed by atoms with Crippen LogP contribution in [0.15, 0.2) is 48.7 Å². The van der Waals surface area contributed by atoms with Crippen molar-refractivity contribution in [3.05, 3.63) is 69.8 Å². The van der Waals surface area contributed by atoms with E-state index in [1.807, 2.05) is 24.3 Å². The lowest BCUT2D eigenvalue weighted by Gasteiger charge is -2.09. The predicted octanol–water partition coefficient (Wildman–Crippen LogP) is 3.41. The molecule has 0 aliphatic carbocycles. The number of H-pyrrole nitrogens is 1. The van der Waals surface area contributed by atoms with Gasteiger partial charge < -0.3 is 4.98 Å². The third-order valence-electron chi connectivity index (χ3n) is 3.77. The van der Waals surface area contributed by atoms with E-state index in [1.165, 1.54) is 0 Å². The van der Waals surface area contributed by atoms with Crippen LogP contribution in [0.5, 0.6) is 0 Å². The Morgan fingerprint density at radius 2 is 1.52 bits per heavy atom. The van der Waals surface area contributed by atoms with Crippen molar-refractivity contribution in [3.8, 4) is 0 Å². The summed E-state index contributed by atoms with van der Waals surface area (Å²) in [7, 11) is 0. The highest BCUT2D eigenvalue weighted by atomic mass is 35.5. The molecule has 0 saturated carbocycles. The topological polar surface area (TPSA) is 74.0 Å². The first-order chi connectivity index (χ1) is 12.0. The average molecular weight is 376 g/mol.